The van der Waals surface area contributed by atoms with Crippen LogP contribution in [0, 0.1) is 10.1 Å². The number of carbonyl (C=O) groups excluding carboxylic acids is 2. The van der Waals surface area contributed by atoms with Crippen LogP contribution in [-0.4, -0.2) is 33.5 Å². The molecule has 2 aromatic carbocycles. The Bertz CT molecular complexity index is 1220. The molecule has 0 spiro atoms. The van der Waals surface area contributed by atoms with Crippen LogP contribution >= 0.6 is 11.3 Å². The number of non-ortho nitro benzene ring substituents is 1. The lowest BCUT2D eigenvalue weighted by Gasteiger charge is -2.19. The van der Waals surface area contributed by atoms with Gasteiger partial charge in [0.15, 0.2) is 0 Å². The highest BCUT2D eigenvalue weighted by Crippen LogP contribution is 2.35. The average molecular weight is 464 g/mol. The number of rotatable bonds is 7. The van der Waals surface area contributed by atoms with E-state index >= 15 is 0 Å². The quantitative estimate of drug-likeness (QED) is 0.319. The smallest absolute Gasteiger partial charge is 0.269 e. The molecule has 1 N–H and O–H groups in total. The number of aromatic nitrogens is 2. The molecule has 10 heteroatoms. The zero-order valence-corrected chi connectivity index (χ0v) is 18.6. The molecular weight excluding hydrogens is 442 g/mol. The lowest BCUT2D eigenvalue weighted by Crippen LogP contribution is -2.25. The molecule has 1 saturated heterocycles. The van der Waals surface area contributed by atoms with Crippen LogP contribution in [0.5, 0.6) is 0 Å². The number of anilines is 2. The summed E-state index contributed by atoms with van der Waals surface area (Å²) in [5, 5.41) is 22.7. The summed E-state index contributed by atoms with van der Waals surface area (Å²) in [5.41, 5.74) is 2.70. The summed E-state index contributed by atoms with van der Waals surface area (Å²) in [6.07, 6.45) is 4.07. The number of hydrogen-bond acceptors (Lipinski definition) is 7. The molecule has 0 saturated carbocycles. The molecule has 168 valence electrons. The number of nitrogens with one attached hydrogen (secondary N) is 1. The van der Waals surface area contributed by atoms with Gasteiger partial charge in [0.2, 0.25) is 16.9 Å². The minimum atomic E-state index is -0.479. The van der Waals surface area contributed by atoms with Crippen molar-refractivity contribution >= 4 is 45.7 Å². The number of hydrogen-bond donors (Lipinski definition) is 1. The van der Waals surface area contributed by atoms with Crippen LogP contribution in [0.15, 0.2) is 54.6 Å². The van der Waals surface area contributed by atoms with Crippen LogP contribution in [0.3, 0.4) is 0 Å². The van der Waals surface area contributed by atoms with E-state index in [9.17, 15) is 19.7 Å². The molecule has 1 atom stereocenters. The first kappa shape index (κ1) is 22.3. The fraction of sp³-hybridized carbons (Fsp3) is 0.217. The van der Waals surface area contributed by atoms with Crippen molar-refractivity contribution in [1.29, 1.82) is 0 Å². The molecule has 0 bridgehead atoms. The minimum absolute atomic E-state index is 0.0138. The lowest BCUT2D eigenvalue weighted by atomic mass is 10.1. The molecule has 33 heavy (non-hydrogen) atoms. The van der Waals surface area contributed by atoms with Gasteiger partial charge in [-0.25, -0.2) is 0 Å². The summed E-state index contributed by atoms with van der Waals surface area (Å²) >= 11 is 1.25. The van der Waals surface area contributed by atoms with Gasteiger partial charge in [0, 0.05) is 42.8 Å². The number of para-hydroxylation sites is 1. The molecule has 0 radical (unpaired) electrons. The monoisotopic (exact) mass is 463 g/mol. The standard InChI is InChI=1S/C23H21N5O4S/c1-2-16-5-3-4-6-19(16)27-14-17(13-21(27)30)22-25-26-23(33-22)24-20(29)12-9-15-7-10-18(11-8-15)28(31)32/h3-12,17H,2,13-14H2,1H3,(H,24,26,29)/b12-9+. The van der Waals surface area contributed by atoms with E-state index in [0.29, 0.717) is 28.7 Å². The highest BCUT2D eigenvalue weighted by Gasteiger charge is 2.34. The van der Waals surface area contributed by atoms with Crippen LogP contribution in [-0.2, 0) is 16.0 Å². The number of carbonyl (C=O) groups is 2. The molecule has 1 unspecified atom stereocenters. The summed E-state index contributed by atoms with van der Waals surface area (Å²) in [6, 6.07) is 13.8. The number of amides is 2. The number of nitrogens with zero attached hydrogens (tertiary/aromatic N) is 4. The van der Waals surface area contributed by atoms with Gasteiger partial charge in [0.05, 0.1) is 4.92 Å². The first-order chi connectivity index (χ1) is 15.9. The fourth-order valence-electron chi connectivity index (χ4n) is 3.66. The fourth-order valence-corrected chi connectivity index (χ4v) is 4.49. The lowest BCUT2D eigenvalue weighted by molar-refractivity contribution is -0.384. The van der Waals surface area contributed by atoms with Crippen molar-refractivity contribution in [2.75, 3.05) is 16.8 Å². The molecule has 1 aromatic heterocycles. The SMILES string of the molecule is CCc1ccccc1N1CC(c2nnc(NC(=O)/C=C/c3ccc([N+](=O)[O-])cc3)s2)CC1=O. The van der Waals surface area contributed by atoms with E-state index in [4.69, 9.17) is 0 Å². The van der Waals surface area contributed by atoms with Crippen molar-refractivity contribution in [3.63, 3.8) is 0 Å². The molecule has 1 fully saturated rings. The van der Waals surface area contributed by atoms with Crippen LogP contribution < -0.4 is 10.2 Å². The Balaban J connectivity index is 1.38. The molecule has 0 aliphatic carbocycles. The third-order valence-corrected chi connectivity index (χ3v) is 6.34. The Morgan fingerprint density at radius 1 is 1.24 bits per heavy atom. The van der Waals surface area contributed by atoms with Gasteiger partial charge in [-0.2, -0.15) is 0 Å². The van der Waals surface area contributed by atoms with Crippen LogP contribution in [0.25, 0.3) is 6.08 Å². The third-order valence-electron chi connectivity index (χ3n) is 5.34. The van der Waals surface area contributed by atoms with Crippen molar-refractivity contribution in [3.8, 4) is 0 Å². The van der Waals surface area contributed by atoms with E-state index in [1.54, 1.807) is 23.1 Å². The zero-order chi connectivity index (χ0) is 23.4. The second-order valence-corrected chi connectivity index (χ2v) is 8.51. The van der Waals surface area contributed by atoms with Gasteiger partial charge in [0.25, 0.3) is 5.69 Å². The van der Waals surface area contributed by atoms with Gasteiger partial charge in [-0.15, -0.1) is 10.2 Å². The minimum Gasteiger partial charge on any atom is -0.311 e. The van der Waals surface area contributed by atoms with E-state index in [1.807, 2.05) is 24.3 Å². The van der Waals surface area contributed by atoms with Crippen molar-refractivity contribution in [2.24, 2.45) is 0 Å². The Morgan fingerprint density at radius 3 is 2.73 bits per heavy atom. The molecule has 2 heterocycles. The highest BCUT2D eigenvalue weighted by atomic mass is 32.1. The van der Waals surface area contributed by atoms with Gasteiger partial charge in [-0.1, -0.05) is 36.5 Å². The van der Waals surface area contributed by atoms with Gasteiger partial charge in [-0.3, -0.25) is 25.0 Å². The first-order valence-electron chi connectivity index (χ1n) is 10.4. The Morgan fingerprint density at radius 2 is 2.00 bits per heavy atom. The van der Waals surface area contributed by atoms with E-state index in [-0.39, 0.29) is 17.5 Å². The molecule has 9 nitrogen and oxygen atoms in total. The van der Waals surface area contributed by atoms with Crippen molar-refractivity contribution in [1.82, 2.24) is 10.2 Å². The van der Waals surface area contributed by atoms with Gasteiger partial charge in [0.1, 0.15) is 5.01 Å². The molecule has 3 aromatic rings. The number of nitro benzene ring substituents is 1. The molecule has 4 rings (SSSR count). The summed E-state index contributed by atoms with van der Waals surface area (Å²) in [4.78, 5) is 36.9. The largest absolute Gasteiger partial charge is 0.311 e. The van der Waals surface area contributed by atoms with Crippen molar-refractivity contribution in [2.45, 2.75) is 25.7 Å². The van der Waals surface area contributed by atoms with E-state index in [0.717, 1.165) is 17.7 Å². The summed E-state index contributed by atoms with van der Waals surface area (Å²) in [6.45, 7) is 2.59. The van der Waals surface area contributed by atoms with Crippen LogP contribution in [0.2, 0.25) is 0 Å². The molecule has 1 aliphatic heterocycles. The Labute approximate surface area is 193 Å². The zero-order valence-electron chi connectivity index (χ0n) is 17.8. The van der Waals surface area contributed by atoms with Gasteiger partial charge < -0.3 is 4.90 Å². The van der Waals surface area contributed by atoms with Crippen molar-refractivity contribution < 1.29 is 14.5 Å². The number of benzene rings is 2. The summed E-state index contributed by atoms with van der Waals surface area (Å²) < 4.78 is 0. The maximum Gasteiger partial charge on any atom is 0.269 e. The second kappa shape index (κ2) is 9.70. The Kier molecular flexibility index (Phi) is 6.55. The molecular formula is C23H21N5O4S. The maximum atomic E-state index is 12.7. The topological polar surface area (TPSA) is 118 Å². The number of aryl methyl sites for hydroxylation is 1. The van der Waals surface area contributed by atoms with Crippen LogP contribution in [0.1, 0.15) is 35.4 Å². The normalized spacial score (nSPS) is 15.8. The van der Waals surface area contributed by atoms with E-state index in [1.165, 1.54) is 29.5 Å². The summed E-state index contributed by atoms with van der Waals surface area (Å²) in [5.74, 6) is -0.425. The predicted molar refractivity (Wildman–Crippen MR) is 126 cm³/mol. The maximum absolute atomic E-state index is 12.7. The predicted octanol–water partition coefficient (Wildman–Crippen LogP) is 4.18. The average Bonchev–Trinajstić information content (AvgIpc) is 3.44. The Hall–Kier alpha value is -3.92. The first-order valence-corrected chi connectivity index (χ1v) is 11.2. The highest BCUT2D eigenvalue weighted by molar-refractivity contribution is 7.15. The second-order valence-electron chi connectivity index (χ2n) is 7.50. The van der Waals surface area contributed by atoms with Crippen LogP contribution in [0.4, 0.5) is 16.5 Å². The molecule has 1 aliphatic rings. The van der Waals surface area contributed by atoms with E-state index < -0.39 is 10.8 Å². The van der Waals surface area contributed by atoms with Crippen molar-refractivity contribution in [3.05, 3.63) is 80.9 Å². The van der Waals surface area contributed by atoms with E-state index in [2.05, 4.69) is 22.4 Å². The number of nitro groups is 1. The van der Waals surface area contributed by atoms with Gasteiger partial charge >= 0.3 is 0 Å². The molecule has 2 amide bonds. The summed E-state index contributed by atoms with van der Waals surface area (Å²) in [7, 11) is 0. The van der Waals surface area contributed by atoms with Gasteiger partial charge in [-0.05, 0) is 41.8 Å². The third kappa shape index (κ3) is 5.12.